The smallest absolute Gasteiger partial charge is 0.252 e. The molecule has 172 valence electrons. The molecule has 8 nitrogen and oxygen atoms in total. The largest absolute Gasteiger partial charge is 0.395 e. The maximum absolute atomic E-state index is 12.9. The zero-order valence-corrected chi connectivity index (χ0v) is 19.3. The number of rotatable bonds is 9. The van der Waals surface area contributed by atoms with Gasteiger partial charge in [0, 0.05) is 24.2 Å². The highest BCUT2D eigenvalue weighted by Gasteiger charge is 2.25. The van der Waals surface area contributed by atoms with Crippen molar-refractivity contribution in [2.45, 2.75) is 46.3 Å². The van der Waals surface area contributed by atoms with E-state index in [1.54, 1.807) is 4.68 Å². The standard InChI is InChI=1S/C25H30N6O2/c1-4-23(24-27-28-29-31(24)15-19-8-6-5-7-9-19)30(10-11-32)16-21-14-20-12-17(2)18(3)13-22(20)26-25(21)33/h5-9,12-14,23,32H,4,10-11,15-16H2,1-3H3,(H,26,33). The van der Waals surface area contributed by atoms with Gasteiger partial charge in [-0.15, -0.1) is 5.10 Å². The first-order valence-corrected chi connectivity index (χ1v) is 11.3. The van der Waals surface area contributed by atoms with Gasteiger partial charge < -0.3 is 10.1 Å². The number of hydrogen-bond acceptors (Lipinski definition) is 6. The van der Waals surface area contributed by atoms with Crippen molar-refractivity contribution >= 4 is 10.9 Å². The number of nitrogens with one attached hydrogen (secondary N) is 1. The summed E-state index contributed by atoms with van der Waals surface area (Å²) in [6.45, 7) is 7.49. The molecule has 0 bridgehead atoms. The maximum Gasteiger partial charge on any atom is 0.252 e. The predicted molar refractivity (Wildman–Crippen MR) is 128 cm³/mol. The quantitative estimate of drug-likeness (QED) is 0.410. The first-order chi connectivity index (χ1) is 16.0. The summed E-state index contributed by atoms with van der Waals surface area (Å²) < 4.78 is 1.80. The minimum atomic E-state index is -0.147. The molecule has 1 atom stereocenters. The summed E-state index contributed by atoms with van der Waals surface area (Å²) in [6.07, 6.45) is 0.735. The molecule has 0 radical (unpaired) electrons. The van der Waals surface area contributed by atoms with Crippen LogP contribution in [0.5, 0.6) is 0 Å². The number of tetrazole rings is 1. The Balaban J connectivity index is 1.66. The van der Waals surface area contributed by atoms with Crippen LogP contribution in [0, 0.1) is 13.8 Å². The number of aliphatic hydroxyl groups excluding tert-OH is 1. The SMILES string of the molecule is CCC(c1nnnn1Cc1ccccc1)N(CCO)Cc1cc2cc(C)c(C)cc2[nH]c1=O. The van der Waals surface area contributed by atoms with Crippen LogP contribution in [0.3, 0.4) is 0 Å². The van der Waals surface area contributed by atoms with Gasteiger partial charge in [0.2, 0.25) is 0 Å². The topological polar surface area (TPSA) is 99.9 Å². The molecule has 0 saturated carbocycles. The average Bonchev–Trinajstić information content (AvgIpc) is 3.25. The van der Waals surface area contributed by atoms with E-state index in [4.69, 9.17) is 0 Å². The zero-order valence-electron chi connectivity index (χ0n) is 19.3. The lowest BCUT2D eigenvalue weighted by molar-refractivity contribution is 0.131. The van der Waals surface area contributed by atoms with E-state index in [0.717, 1.165) is 34.3 Å². The molecule has 0 aliphatic carbocycles. The molecule has 33 heavy (non-hydrogen) atoms. The molecule has 0 aliphatic heterocycles. The van der Waals surface area contributed by atoms with Gasteiger partial charge in [0.05, 0.1) is 19.2 Å². The maximum atomic E-state index is 12.9. The number of hydrogen-bond donors (Lipinski definition) is 2. The Hall–Kier alpha value is -3.36. The molecule has 0 amide bonds. The van der Waals surface area contributed by atoms with E-state index >= 15 is 0 Å². The van der Waals surface area contributed by atoms with Crippen LogP contribution in [0.2, 0.25) is 0 Å². The third kappa shape index (κ3) is 5.02. The van der Waals surface area contributed by atoms with Crippen LogP contribution in [0.4, 0.5) is 0 Å². The van der Waals surface area contributed by atoms with E-state index in [1.165, 1.54) is 5.56 Å². The second kappa shape index (κ2) is 10.1. The van der Waals surface area contributed by atoms with Gasteiger partial charge in [-0.1, -0.05) is 37.3 Å². The lowest BCUT2D eigenvalue weighted by atomic mass is 10.0. The summed E-state index contributed by atoms with van der Waals surface area (Å²) in [5.41, 5.74) is 4.79. The van der Waals surface area contributed by atoms with E-state index in [2.05, 4.69) is 45.3 Å². The lowest BCUT2D eigenvalue weighted by Gasteiger charge is -2.29. The monoisotopic (exact) mass is 446 g/mol. The molecule has 8 heteroatoms. The first-order valence-electron chi connectivity index (χ1n) is 11.3. The second-order valence-corrected chi connectivity index (χ2v) is 8.45. The van der Waals surface area contributed by atoms with E-state index in [1.807, 2.05) is 49.4 Å². The summed E-state index contributed by atoms with van der Waals surface area (Å²) >= 11 is 0. The summed E-state index contributed by atoms with van der Waals surface area (Å²) in [6, 6.07) is 15.9. The van der Waals surface area contributed by atoms with Crippen LogP contribution < -0.4 is 5.56 Å². The van der Waals surface area contributed by atoms with Crippen LogP contribution in [-0.4, -0.2) is 48.3 Å². The Kier molecular flexibility index (Phi) is 6.96. The molecule has 2 N–H and O–H groups in total. The summed E-state index contributed by atoms with van der Waals surface area (Å²) in [5, 5.41) is 23.2. The summed E-state index contributed by atoms with van der Waals surface area (Å²) in [7, 11) is 0. The van der Waals surface area contributed by atoms with Gasteiger partial charge in [0.25, 0.3) is 5.56 Å². The van der Waals surface area contributed by atoms with Crippen LogP contribution >= 0.6 is 0 Å². The molecule has 0 saturated heterocycles. The number of aliphatic hydroxyl groups is 1. The van der Waals surface area contributed by atoms with Crippen LogP contribution in [0.25, 0.3) is 10.9 Å². The minimum Gasteiger partial charge on any atom is -0.395 e. The van der Waals surface area contributed by atoms with Gasteiger partial charge in [-0.2, -0.15) is 0 Å². The van der Waals surface area contributed by atoms with Gasteiger partial charge >= 0.3 is 0 Å². The Morgan fingerprint density at radius 2 is 1.88 bits per heavy atom. The van der Waals surface area contributed by atoms with Crippen molar-refractivity contribution in [1.29, 1.82) is 0 Å². The van der Waals surface area contributed by atoms with Crippen molar-refractivity contribution < 1.29 is 5.11 Å². The Labute approximate surface area is 192 Å². The molecule has 2 aromatic heterocycles. The molecular weight excluding hydrogens is 416 g/mol. The molecule has 1 unspecified atom stereocenters. The third-order valence-electron chi connectivity index (χ3n) is 6.16. The number of aryl methyl sites for hydroxylation is 2. The van der Waals surface area contributed by atoms with Crippen molar-refractivity contribution in [1.82, 2.24) is 30.1 Å². The highest BCUT2D eigenvalue weighted by molar-refractivity contribution is 5.80. The Bertz CT molecular complexity index is 1280. The number of benzene rings is 2. The first kappa shape index (κ1) is 22.8. The fourth-order valence-electron chi connectivity index (χ4n) is 4.26. The van der Waals surface area contributed by atoms with E-state index in [-0.39, 0.29) is 18.2 Å². The lowest BCUT2D eigenvalue weighted by Crippen LogP contribution is -2.34. The fourth-order valence-corrected chi connectivity index (χ4v) is 4.26. The molecule has 4 aromatic rings. The average molecular weight is 447 g/mol. The van der Waals surface area contributed by atoms with Crippen molar-refractivity contribution in [2.75, 3.05) is 13.2 Å². The van der Waals surface area contributed by atoms with Crippen molar-refractivity contribution in [3.63, 3.8) is 0 Å². The normalized spacial score (nSPS) is 12.5. The Morgan fingerprint density at radius 3 is 2.61 bits per heavy atom. The summed E-state index contributed by atoms with van der Waals surface area (Å²) in [4.78, 5) is 18.0. The summed E-state index contributed by atoms with van der Waals surface area (Å²) in [5.74, 6) is 0.721. The van der Waals surface area contributed by atoms with E-state index in [9.17, 15) is 9.90 Å². The van der Waals surface area contributed by atoms with Gasteiger partial charge in [-0.05, 0) is 71.0 Å². The highest BCUT2D eigenvalue weighted by Crippen LogP contribution is 2.25. The van der Waals surface area contributed by atoms with Crippen LogP contribution in [-0.2, 0) is 13.1 Å². The molecule has 2 heterocycles. The van der Waals surface area contributed by atoms with Gasteiger partial charge in [0.15, 0.2) is 5.82 Å². The van der Waals surface area contributed by atoms with Gasteiger partial charge in [-0.3, -0.25) is 9.69 Å². The van der Waals surface area contributed by atoms with Crippen molar-refractivity contribution in [2.24, 2.45) is 0 Å². The molecular formula is C25H30N6O2. The van der Waals surface area contributed by atoms with Crippen molar-refractivity contribution in [3.05, 3.63) is 87.0 Å². The molecule has 0 aliphatic rings. The van der Waals surface area contributed by atoms with Gasteiger partial charge in [0.1, 0.15) is 0 Å². The number of nitrogens with zero attached hydrogens (tertiary/aromatic N) is 5. The van der Waals surface area contributed by atoms with E-state index < -0.39 is 0 Å². The van der Waals surface area contributed by atoms with Crippen molar-refractivity contribution in [3.8, 4) is 0 Å². The fraction of sp³-hybridized carbons (Fsp3) is 0.360. The van der Waals surface area contributed by atoms with Crippen LogP contribution in [0.1, 0.15) is 47.5 Å². The predicted octanol–water partition coefficient (Wildman–Crippen LogP) is 3.13. The minimum absolute atomic E-state index is 0.0272. The van der Waals surface area contributed by atoms with E-state index in [0.29, 0.717) is 25.2 Å². The zero-order chi connectivity index (χ0) is 23.4. The molecule has 4 rings (SSSR count). The number of aromatic amines is 1. The number of H-pyrrole nitrogens is 1. The Morgan fingerprint density at radius 1 is 1.12 bits per heavy atom. The number of fused-ring (bicyclic) bond motifs is 1. The van der Waals surface area contributed by atoms with Crippen LogP contribution in [0.15, 0.2) is 53.3 Å². The van der Waals surface area contributed by atoms with Gasteiger partial charge in [-0.25, -0.2) is 4.68 Å². The molecule has 2 aromatic carbocycles. The third-order valence-corrected chi connectivity index (χ3v) is 6.16. The highest BCUT2D eigenvalue weighted by atomic mass is 16.3. The molecule has 0 spiro atoms. The number of pyridine rings is 1. The molecule has 0 fully saturated rings. The number of aromatic nitrogens is 5. The second-order valence-electron chi connectivity index (χ2n) is 8.45.